The van der Waals surface area contributed by atoms with Crippen LogP contribution in [0.4, 0.5) is 4.39 Å². The minimum atomic E-state index is -0.581. The number of hydrogen-bond donors (Lipinski definition) is 1. The van der Waals surface area contributed by atoms with Crippen molar-refractivity contribution >= 4 is 5.91 Å². The molecular weight excluding hydrogens is 283 g/mol. The Kier molecular flexibility index (Phi) is 3.90. The molecule has 1 amide bonds. The van der Waals surface area contributed by atoms with Crippen molar-refractivity contribution in [2.45, 2.75) is 25.5 Å². The standard InChI is InChI=1S/C17H17FN2O2/c1-11-3-2-8-19-16(11)17(22)20-10-14(21)9-15(20)12-4-6-13(18)7-5-12/h2-8,14-15,21H,9-10H2,1H3/t14-,15+/m1/s1. The van der Waals surface area contributed by atoms with Crippen molar-refractivity contribution in [1.29, 1.82) is 0 Å². The van der Waals surface area contributed by atoms with E-state index in [-0.39, 0.29) is 24.3 Å². The predicted molar refractivity (Wildman–Crippen MR) is 79.8 cm³/mol. The number of pyridine rings is 1. The van der Waals surface area contributed by atoms with Crippen LogP contribution < -0.4 is 0 Å². The Labute approximate surface area is 128 Å². The largest absolute Gasteiger partial charge is 0.391 e. The molecule has 114 valence electrons. The number of aryl methyl sites for hydroxylation is 1. The normalized spacial score (nSPS) is 21.1. The van der Waals surface area contributed by atoms with Crippen molar-refractivity contribution in [3.05, 3.63) is 65.2 Å². The van der Waals surface area contributed by atoms with Crippen molar-refractivity contribution < 1.29 is 14.3 Å². The van der Waals surface area contributed by atoms with Gasteiger partial charge in [-0.1, -0.05) is 18.2 Å². The molecule has 1 aliphatic rings. The van der Waals surface area contributed by atoms with Gasteiger partial charge in [0.1, 0.15) is 11.5 Å². The molecule has 1 saturated heterocycles. The molecule has 2 aromatic rings. The van der Waals surface area contributed by atoms with Gasteiger partial charge >= 0.3 is 0 Å². The third-order valence-electron chi connectivity index (χ3n) is 4.01. The van der Waals surface area contributed by atoms with Crippen molar-refractivity contribution in [1.82, 2.24) is 9.88 Å². The van der Waals surface area contributed by atoms with E-state index < -0.39 is 6.10 Å². The molecule has 0 aliphatic carbocycles. The maximum absolute atomic E-state index is 13.1. The Balaban J connectivity index is 1.92. The summed E-state index contributed by atoms with van der Waals surface area (Å²) in [5.41, 5.74) is 2.01. The van der Waals surface area contributed by atoms with Crippen LogP contribution in [0.2, 0.25) is 0 Å². The molecule has 0 radical (unpaired) electrons. The molecule has 0 spiro atoms. The number of nitrogens with zero attached hydrogens (tertiary/aromatic N) is 2. The first-order valence-corrected chi connectivity index (χ1v) is 7.22. The Morgan fingerprint density at radius 3 is 2.73 bits per heavy atom. The molecule has 0 bridgehead atoms. The summed E-state index contributed by atoms with van der Waals surface area (Å²) in [6, 6.07) is 9.41. The van der Waals surface area contributed by atoms with Crippen molar-refractivity contribution in [3.8, 4) is 0 Å². The molecule has 1 aromatic heterocycles. The molecule has 5 heteroatoms. The van der Waals surface area contributed by atoms with Gasteiger partial charge in [-0.05, 0) is 42.7 Å². The van der Waals surface area contributed by atoms with Crippen LogP contribution in [-0.4, -0.2) is 33.5 Å². The maximum atomic E-state index is 13.1. The highest BCUT2D eigenvalue weighted by Gasteiger charge is 2.36. The third-order valence-corrected chi connectivity index (χ3v) is 4.01. The topological polar surface area (TPSA) is 53.4 Å². The first-order chi connectivity index (χ1) is 10.6. The van der Waals surface area contributed by atoms with Gasteiger partial charge in [0.2, 0.25) is 0 Å². The van der Waals surface area contributed by atoms with E-state index in [1.165, 1.54) is 12.1 Å². The molecular formula is C17H17FN2O2. The molecule has 1 fully saturated rings. The summed E-state index contributed by atoms with van der Waals surface area (Å²) in [5, 5.41) is 9.96. The number of hydrogen-bond acceptors (Lipinski definition) is 3. The molecule has 1 N–H and O–H groups in total. The summed E-state index contributed by atoms with van der Waals surface area (Å²) in [6.45, 7) is 2.09. The van der Waals surface area contributed by atoms with Crippen molar-refractivity contribution in [2.24, 2.45) is 0 Å². The zero-order valence-electron chi connectivity index (χ0n) is 12.2. The lowest BCUT2D eigenvalue weighted by Crippen LogP contribution is -2.32. The lowest BCUT2D eigenvalue weighted by Gasteiger charge is -2.25. The summed E-state index contributed by atoms with van der Waals surface area (Å²) in [7, 11) is 0. The van der Waals surface area contributed by atoms with E-state index in [1.807, 2.05) is 13.0 Å². The summed E-state index contributed by atoms with van der Waals surface area (Å²) < 4.78 is 13.1. The lowest BCUT2D eigenvalue weighted by atomic mass is 10.0. The second-order valence-electron chi connectivity index (χ2n) is 5.58. The van der Waals surface area contributed by atoms with Gasteiger partial charge in [0.15, 0.2) is 0 Å². The number of benzene rings is 1. The quantitative estimate of drug-likeness (QED) is 0.927. The van der Waals surface area contributed by atoms with Crippen molar-refractivity contribution in [3.63, 3.8) is 0 Å². The zero-order chi connectivity index (χ0) is 15.7. The molecule has 0 unspecified atom stereocenters. The second-order valence-corrected chi connectivity index (χ2v) is 5.58. The summed E-state index contributed by atoms with van der Waals surface area (Å²) in [5.74, 6) is -0.523. The number of carbonyl (C=O) groups is 1. The van der Waals surface area contributed by atoms with E-state index in [9.17, 15) is 14.3 Å². The van der Waals surface area contributed by atoms with Gasteiger partial charge in [0.05, 0.1) is 12.1 Å². The van der Waals surface area contributed by atoms with Crippen LogP contribution in [0.15, 0.2) is 42.6 Å². The monoisotopic (exact) mass is 300 g/mol. The number of amides is 1. The lowest BCUT2D eigenvalue weighted by molar-refractivity contribution is 0.0709. The molecule has 1 aromatic carbocycles. The fourth-order valence-electron chi connectivity index (χ4n) is 2.88. The van der Waals surface area contributed by atoms with E-state index in [0.29, 0.717) is 12.1 Å². The van der Waals surface area contributed by atoms with Gasteiger partial charge < -0.3 is 10.0 Å². The Bertz CT molecular complexity index is 687. The molecule has 22 heavy (non-hydrogen) atoms. The number of likely N-dealkylation sites (tertiary alicyclic amines) is 1. The number of aliphatic hydroxyl groups is 1. The number of aromatic nitrogens is 1. The summed E-state index contributed by atoms with van der Waals surface area (Å²) in [4.78, 5) is 18.5. The number of halogens is 1. The van der Waals surface area contributed by atoms with E-state index >= 15 is 0 Å². The van der Waals surface area contributed by atoms with Crippen LogP contribution in [-0.2, 0) is 0 Å². The minimum Gasteiger partial charge on any atom is -0.391 e. The highest BCUT2D eigenvalue weighted by atomic mass is 19.1. The predicted octanol–water partition coefficient (Wildman–Crippen LogP) is 2.48. The van der Waals surface area contributed by atoms with E-state index in [1.54, 1.807) is 29.3 Å². The Hall–Kier alpha value is -2.27. The number of carbonyl (C=O) groups excluding carboxylic acids is 1. The van der Waals surface area contributed by atoms with Crippen LogP contribution in [0.3, 0.4) is 0 Å². The van der Waals surface area contributed by atoms with E-state index in [2.05, 4.69) is 4.98 Å². The van der Waals surface area contributed by atoms with Crippen LogP contribution in [0.25, 0.3) is 0 Å². The van der Waals surface area contributed by atoms with Crippen LogP contribution in [0.1, 0.15) is 34.1 Å². The number of aliphatic hydroxyl groups excluding tert-OH is 1. The number of rotatable bonds is 2. The Morgan fingerprint density at radius 1 is 1.32 bits per heavy atom. The van der Waals surface area contributed by atoms with Crippen LogP contribution in [0.5, 0.6) is 0 Å². The molecule has 4 nitrogen and oxygen atoms in total. The van der Waals surface area contributed by atoms with Gasteiger partial charge in [0, 0.05) is 12.7 Å². The third kappa shape index (κ3) is 2.72. The average Bonchev–Trinajstić information content (AvgIpc) is 2.90. The minimum absolute atomic E-state index is 0.205. The van der Waals surface area contributed by atoms with Crippen LogP contribution in [0, 0.1) is 12.7 Å². The van der Waals surface area contributed by atoms with Gasteiger partial charge in [-0.3, -0.25) is 9.78 Å². The molecule has 3 rings (SSSR count). The second kappa shape index (κ2) is 5.85. The smallest absolute Gasteiger partial charge is 0.273 e. The summed E-state index contributed by atoms with van der Waals surface area (Å²) in [6.07, 6.45) is 1.45. The Morgan fingerprint density at radius 2 is 2.05 bits per heavy atom. The van der Waals surface area contributed by atoms with Gasteiger partial charge in [-0.25, -0.2) is 4.39 Å². The van der Waals surface area contributed by atoms with Gasteiger partial charge in [0.25, 0.3) is 5.91 Å². The highest BCUT2D eigenvalue weighted by Crippen LogP contribution is 2.33. The van der Waals surface area contributed by atoms with E-state index in [4.69, 9.17) is 0 Å². The molecule has 1 aliphatic heterocycles. The number of β-amino-alcohol motifs (C(OH)–C–C–N with tert-alkyl or cyclic N) is 1. The molecule has 2 heterocycles. The summed E-state index contributed by atoms with van der Waals surface area (Å²) >= 11 is 0. The average molecular weight is 300 g/mol. The van der Waals surface area contributed by atoms with Crippen LogP contribution >= 0.6 is 0 Å². The molecule has 2 atom stereocenters. The fourth-order valence-corrected chi connectivity index (χ4v) is 2.88. The van der Waals surface area contributed by atoms with Gasteiger partial charge in [-0.15, -0.1) is 0 Å². The SMILES string of the molecule is Cc1cccnc1C(=O)N1C[C@H](O)C[C@H]1c1ccc(F)cc1. The zero-order valence-corrected chi connectivity index (χ0v) is 12.2. The van der Waals surface area contributed by atoms with Gasteiger partial charge in [-0.2, -0.15) is 0 Å². The molecule has 0 saturated carbocycles. The van der Waals surface area contributed by atoms with E-state index in [0.717, 1.165) is 11.1 Å². The fraction of sp³-hybridized carbons (Fsp3) is 0.294. The first-order valence-electron chi connectivity index (χ1n) is 7.22. The maximum Gasteiger partial charge on any atom is 0.273 e. The van der Waals surface area contributed by atoms with Crippen molar-refractivity contribution in [2.75, 3.05) is 6.54 Å². The highest BCUT2D eigenvalue weighted by molar-refractivity contribution is 5.94. The first kappa shape index (κ1) is 14.7.